The average molecular weight is 429 g/mol. The number of urea groups is 1. The van der Waals surface area contributed by atoms with Gasteiger partial charge in [-0.1, -0.05) is 0 Å². The maximum Gasteiger partial charge on any atom is 0.345 e. The van der Waals surface area contributed by atoms with Crippen molar-refractivity contribution in [3.05, 3.63) is 40.6 Å². The Morgan fingerprint density at radius 2 is 1.94 bits per heavy atom. The summed E-state index contributed by atoms with van der Waals surface area (Å²) in [5.41, 5.74) is 1.16. The highest BCUT2D eigenvalue weighted by atomic mass is 16.5. The molecule has 2 N–H and O–H groups in total. The highest BCUT2D eigenvalue weighted by Gasteiger charge is 2.21. The molecule has 2 aliphatic heterocycles. The summed E-state index contributed by atoms with van der Waals surface area (Å²) in [4.78, 5) is 26.9. The van der Waals surface area contributed by atoms with Crippen LogP contribution in [0.15, 0.2) is 29.1 Å². The van der Waals surface area contributed by atoms with Crippen LogP contribution in [0, 0.1) is 0 Å². The number of carbonyl (C=O) groups is 1. The standard InChI is InChI=1S/C22H32N6O3/c1-31-19-8-6-18(7-9-19)26-15-10-17(11-16-26)24-21(29)23-12-4-14-28-22(30)27-13-3-2-5-20(27)25-28/h6-9,17H,2-5,10-16H2,1H3,(H2,23,24,29). The molecule has 0 atom stereocenters. The number of methoxy groups -OCH3 is 1. The Kier molecular flexibility index (Phi) is 6.79. The number of benzene rings is 1. The molecule has 0 spiro atoms. The summed E-state index contributed by atoms with van der Waals surface area (Å²) in [6.07, 6.45) is 5.51. The van der Waals surface area contributed by atoms with Crippen LogP contribution in [0.3, 0.4) is 0 Å². The minimum atomic E-state index is -0.139. The monoisotopic (exact) mass is 428 g/mol. The number of fused-ring (bicyclic) bond motifs is 1. The lowest BCUT2D eigenvalue weighted by atomic mass is 10.0. The van der Waals surface area contributed by atoms with Crippen molar-refractivity contribution < 1.29 is 9.53 Å². The summed E-state index contributed by atoms with van der Waals surface area (Å²) in [5.74, 6) is 1.75. The fourth-order valence-electron chi connectivity index (χ4n) is 4.34. The molecule has 2 aliphatic rings. The van der Waals surface area contributed by atoms with Crippen molar-refractivity contribution in [2.24, 2.45) is 0 Å². The maximum absolute atomic E-state index is 12.3. The van der Waals surface area contributed by atoms with Crippen molar-refractivity contribution in [1.29, 1.82) is 0 Å². The predicted octanol–water partition coefficient (Wildman–Crippen LogP) is 1.75. The van der Waals surface area contributed by atoms with E-state index in [9.17, 15) is 9.59 Å². The van der Waals surface area contributed by atoms with Gasteiger partial charge in [0.15, 0.2) is 0 Å². The number of aromatic nitrogens is 3. The molecule has 168 valence electrons. The number of amides is 2. The third-order valence-electron chi connectivity index (χ3n) is 6.13. The average Bonchev–Trinajstić information content (AvgIpc) is 3.13. The molecule has 4 rings (SSSR count). The van der Waals surface area contributed by atoms with E-state index < -0.39 is 0 Å². The number of piperidine rings is 1. The Morgan fingerprint density at radius 3 is 2.65 bits per heavy atom. The van der Waals surface area contributed by atoms with Crippen molar-refractivity contribution in [2.75, 3.05) is 31.6 Å². The summed E-state index contributed by atoms with van der Waals surface area (Å²) in [5, 5.41) is 10.4. The molecular formula is C22H32N6O3. The Hall–Kier alpha value is -2.97. The molecule has 31 heavy (non-hydrogen) atoms. The first kappa shape index (κ1) is 21.3. The fourth-order valence-corrected chi connectivity index (χ4v) is 4.34. The summed E-state index contributed by atoms with van der Waals surface area (Å²) in [6, 6.07) is 8.12. The van der Waals surface area contributed by atoms with Gasteiger partial charge in [-0.05, 0) is 56.4 Å². The fraction of sp³-hybridized carbons (Fsp3) is 0.591. The zero-order valence-electron chi connectivity index (χ0n) is 18.2. The second kappa shape index (κ2) is 9.89. The van der Waals surface area contributed by atoms with Crippen molar-refractivity contribution in [1.82, 2.24) is 25.0 Å². The first-order valence-corrected chi connectivity index (χ1v) is 11.2. The molecular weight excluding hydrogens is 396 g/mol. The summed E-state index contributed by atoms with van der Waals surface area (Å²) < 4.78 is 8.53. The van der Waals surface area contributed by atoms with Gasteiger partial charge in [-0.25, -0.2) is 14.3 Å². The minimum absolute atomic E-state index is 0.0252. The van der Waals surface area contributed by atoms with E-state index in [2.05, 4.69) is 32.8 Å². The lowest BCUT2D eigenvalue weighted by Crippen LogP contribution is -2.48. The summed E-state index contributed by atoms with van der Waals surface area (Å²) in [6.45, 7) is 3.63. The number of rotatable bonds is 7. The number of anilines is 1. The SMILES string of the molecule is COc1ccc(N2CCC(NC(=O)NCCCn3nc4n(c3=O)CCCC4)CC2)cc1. The van der Waals surface area contributed by atoms with Crippen molar-refractivity contribution in [3.63, 3.8) is 0 Å². The molecule has 9 nitrogen and oxygen atoms in total. The molecule has 2 amide bonds. The van der Waals surface area contributed by atoms with Gasteiger partial charge in [-0.2, -0.15) is 5.10 Å². The van der Waals surface area contributed by atoms with Gasteiger partial charge in [0.1, 0.15) is 11.6 Å². The highest BCUT2D eigenvalue weighted by Crippen LogP contribution is 2.22. The highest BCUT2D eigenvalue weighted by molar-refractivity contribution is 5.74. The first-order chi connectivity index (χ1) is 15.1. The third kappa shape index (κ3) is 5.21. The van der Waals surface area contributed by atoms with E-state index in [4.69, 9.17) is 4.74 Å². The van der Waals surface area contributed by atoms with E-state index in [1.807, 2.05) is 12.1 Å². The van der Waals surface area contributed by atoms with E-state index in [-0.39, 0.29) is 17.8 Å². The molecule has 0 bridgehead atoms. The maximum atomic E-state index is 12.3. The van der Waals surface area contributed by atoms with Gasteiger partial charge in [0, 0.05) is 50.9 Å². The molecule has 2 aromatic rings. The van der Waals surface area contributed by atoms with Gasteiger partial charge in [-0.15, -0.1) is 0 Å². The molecule has 0 aliphatic carbocycles. The normalized spacial score (nSPS) is 16.6. The summed E-state index contributed by atoms with van der Waals surface area (Å²) in [7, 11) is 1.67. The molecule has 1 aromatic carbocycles. The second-order valence-corrected chi connectivity index (χ2v) is 8.24. The Balaban J connectivity index is 1.15. The molecule has 0 radical (unpaired) electrons. The van der Waals surface area contributed by atoms with Crippen molar-refractivity contribution in [3.8, 4) is 5.75 Å². The molecule has 1 fully saturated rings. The number of nitrogens with one attached hydrogen (secondary N) is 2. The van der Waals surface area contributed by atoms with Crippen LogP contribution in [0.2, 0.25) is 0 Å². The van der Waals surface area contributed by atoms with E-state index in [0.29, 0.717) is 19.5 Å². The smallest absolute Gasteiger partial charge is 0.345 e. The van der Waals surface area contributed by atoms with Crippen LogP contribution in [0.4, 0.5) is 10.5 Å². The number of aryl methyl sites for hydroxylation is 2. The topological polar surface area (TPSA) is 93.4 Å². The Bertz CT molecular complexity index is 928. The summed E-state index contributed by atoms with van der Waals surface area (Å²) >= 11 is 0. The van der Waals surface area contributed by atoms with Crippen LogP contribution in [-0.4, -0.2) is 53.2 Å². The second-order valence-electron chi connectivity index (χ2n) is 8.24. The number of hydrogen-bond donors (Lipinski definition) is 2. The number of nitrogens with zero attached hydrogens (tertiary/aromatic N) is 4. The lowest BCUT2D eigenvalue weighted by Gasteiger charge is -2.34. The van der Waals surface area contributed by atoms with Crippen LogP contribution >= 0.6 is 0 Å². The zero-order chi connectivity index (χ0) is 21.6. The van der Waals surface area contributed by atoms with Crippen molar-refractivity contribution in [2.45, 2.75) is 57.7 Å². The lowest BCUT2D eigenvalue weighted by molar-refractivity contribution is 0.234. The molecule has 9 heteroatoms. The molecule has 1 aromatic heterocycles. The van der Waals surface area contributed by atoms with E-state index in [0.717, 1.165) is 63.3 Å². The van der Waals surface area contributed by atoms with Crippen LogP contribution in [-0.2, 0) is 19.5 Å². The predicted molar refractivity (Wildman–Crippen MR) is 119 cm³/mol. The Labute approximate surface area is 182 Å². The number of ether oxygens (including phenoxy) is 1. The molecule has 1 saturated heterocycles. The molecule has 3 heterocycles. The number of hydrogen-bond acceptors (Lipinski definition) is 5. The van der Waals surface area contributed by atoms with Crippen LogP contribution in [0.1, 0.15) is 37.9 Å². The van der Waals surface area contributed by atoms with Crippen LogP contribution in [0.5, 0.6) is 5.75 Å². The number of carbonyl (C=O) groups excluding carboxylic acids is 1. The quantitative estimate of drug-likeness (QED) is 0.656. The largest absolute Gasteiger partial charge is 0.497 e. The van der Waals surface area contributed by atoms with Gasteiger partial charge >= 0.3 is 11.7 Å². The van der Waals surface area contributed by atoms with Crippen LogP contribution < -0.4 is 26.0 Å². The van der Waals surface area contributed by atoms with Gasteiger partial charge in [-0.3, -0.25) is 4.57 Å². The minimum Gasteiger partial charge on any atom is -0.497 e. The Morgan fingerprint density at radius 1 is 1.16 bits per heavy atom. The molecule has 0 saturated carbocycles. The van der Waals surface area contributed by atoms with Gasteiger partial charge in [0.25, 0.3) is 0 Å². The third-order valence-corrected chi connectivity index (χ3v) is 6.13. The van der Waals surface area contributed by atoms with Crippen molar-refractivity contribution >= 4 is 11.7 Å². The van der Waals surface area contributed by atoms with Crippen LogP contribution in [0.25, 0.3) is 0 Å². The van der Waals surface area contributed by atoms with Gasteiger partial charge < -0.3 is 20.3 Å². The van der Waals surface area contributed by atoms with E-state index in [1.54, 1.807) is 11.7 Å². The van der Waals surface area contributed by atoms with Gasteiger partial charge in [0.2, 0.25) is 0 Å². The van der Waals surface area contributed by atoms with E-state index >= 15 is 0 Å². The zero-order valence-corrected chi connectivity index (χ0v) is 18.2. The van der Waals surface area contributed by atoms with Gasteiger partial charge in [0.05, 0.1) is 7.11 Å². The first-order valence-electron chi connectivity index (χ1n) is 11.2. The van der Waals surface area contributed by atoms with E-state index in [1.165, 1.54) is 10.4 Å². The molecule has 0 unspecified atom stereocenters.